The summed E-state index contributed by atoms with van der Waals surface area (Å²) in [6.07, 6.45) is 3.57. The van der Waals surface area contributed by atoms with Gasteiger partial charge < -0.3 is 10.1 Å². The molecule has 0 bridgehead atoms. The van der Waals surface area contributed by atoms with Crippen LogP contribution >= 0.6 is 15.9 Å². The van der Waals surface area contributed by atoms with E-state index in [9.17, 15) is 0 Å². The number of ether oxygens (including phenoxy) is 1. The Morgan fingerprint density at radius 1 is 1.32 bits per heavy atom. The average Bonchev–Trinajstić information content (AvgIpc) is 2.44. The number of hydrogen-bond donors (Lipinski definition) is 1. The fourth-order valence-corrected chi connectivity index (χ4v) is 2.59. The van der Waals surface area contributed by atoms with Gasteiger partial charge in [-0.3, -0.25) is 4.98 Å². The van der Waals surface area contributed by atoms with E-state index in [1.165, 1.54) is 11.1 Å². The summed E-state index contributed by atoms with van der Waals surface area (Å²) in [5.41, 5.74) is 3.49. The first-order valence-electron chi connectivity index (χ1n) is 6.08. The third kappa shape index (κ3) is 2.96. The Morgan fingerprint density at radius 2 is 2.11 bits per heavy atom. The predicted octanol–water partition coefficient (Wildman–Crippen LogP) is 3.47. The minimum absolute atomic E-state index is 0.0804. The highest BCUT2D eigenvalue weighted by molar-refractivity contribution is 9.10. The second-order valence-corrected chi connectivity index (χ2v) is 5.15. The Balaban J connectivity index is 2.46. The molecule has 1 unspecified atom stereocenters. The van der Waals surface area contributed by atoms with Crippen molar-refractivity contribution < 1.29 is 4.74 Å². The Morgan fingerprint density at radius 3 is 2.79 bits per heavy atom. The lowest BCUT2D eigenvalue weighted by Crippen LogP contribution is -2.18. The molecular formula is C15H17BrN2O. The van der Waals surface area contributed by atoms with Crippen molar-refractivity contribution in [2.45, 2.75) is 13.0 Å². The summed E-state index contributed by atoms with van der Waals surface area (Å²) in [4.78, 5) is 4.22. The third-order valence-electron chi connectivity index (χ3n) is 3.12. The summed E-state index contributed by atoms with van der Waals surface area (Å²) in [5, 5.41) is 3.33. The lowest BCUT2D eigenvalue weighted by Gasteiger charge is -2.19. The number of nitrogens with one attached hydrogen (secondary N) is 1. The highest BCUT2D eigenvalue weighted by Crippen LogP contribution is 2.31. The molecule has 4 heteroatoms. The first kappa shape index (κ1) is 14.0. The largest absolute Gasteiger partial charge is 0.495 e. The van der Waals surface area contributed by atoms with Crippen LogP contribution in [0.5, 0.6) is 5.75 Å². The van der Waals surface area contributed by atoms with Gasteiger partial charge in [-0.2, -0.15) is 0 Å². The van der Waals surface area contributed by atoms with Crippen molar-refractivity contribution in [3.63, 3.8) is 0 Å². The molecule has 3 nitrogen and oxygen atoms in total. The first-order chi connectivity index (χ1) is 9.17. The predicted molar refractivity (Wildman–Crippen MR) is 80.6 cm³/mol. The standard InChI is InChI=1S/C15H17BrN2O/c1-10-5-4-6-13(14(10)16)15(17-2)11-7-12(19-3)9-18-8-11/h4-9,15,17H,1-3H3. The second-order valence-electron chi connectivity index (χ2n) is 4.36. The lowest BCUT2D eigenvalue weighted by molar-refractivity contribution is 0.411. The van der Waals surface area contributed by atoms with E-state index in [1.807, 2.05) is 19.3 Å². The highest BCUT2D eigenvalue weighted by Gasteiger charge is 2.16. The van der Waals surface area contributed by atoms with Crippen LogP contribution < -0.4 is 10.1 Å². The van der Waals surface area contributed by atoms with E-state index in [2.05, 4.69) is 51.4 Å². The molecule has 1 N–H and O–H groups in total. The number of methoxy groups -OCH3 is 1. The summed E-state index contributed by atoms with van der Waals surface area (Å²) in [7, 11) is 3.59. The molecule has 0 saturated heterocycles. The molecule has 2 aromatic rings. The van der Waals surface area contributed by atoms with Crippen molar-refractivity contribution >= 4 is 15.9 Å². The second kappa shape index (κ2) is 6.17. The van der Waals surface area contributed by atoms with Crippen LogP contribution in [0.3, 0.4) is 0 Å². The number of halogens is 1. The van der Waals surface area contributed by atoms with Crippen LogP contribution in [0.4, 0.5) is 0 Å². The summed E-state index contributed by atoms with van der Waals surface area (Å²) in [6.45, 7) is 2.09. The lowest BCUT2D eigenvalue weighted by atomic mass is 9.98. The van der Waals surface area contributed by atoms with Gasteiger partial charge in [0, 0.05) is 10.7 Å². The van der Waals surface area contributed by atoms with E-state index < -0.39 is 0 Å². The fraction of sp³-hybridized carbons (Fsp3) is 0.267. The fourth-order valence-electron chi connectivity index (χ4n) is 2.10. The average molecular weight is 321 g/mol. The molecular weight excluding hydrogens is 304 g/mol. The van der Waals surface area contributed by atoms with Gasteiger partial charge in [-0.1, -0.05) is 34.1 Å². The molecule has 1 atom stereocenters. The minimum atomic E-state index is 0.0804. The van der Waals surface area contributed by atoms with Crippen LogP contribution in [0.2, 0.25) is 0 Å². The van der Waals surface area contributed by atoms with Crippen LogP contribution in [0, 0.1) is 6.92 Å². The van der Waals surface area contributed by atoms with Crippen molar-refractivity contribution in [1.82, 2.24) is 10.3 Å². The molecule has 2 rings (SSSR count). The van der Waals surface area contributed by atoms with E-state index >= 15 is 0 Å². The monoisotopic (exact) mass is 320 g/mol. The van der Waals surface area contributed by atoms with Crippen molar-refractivity contribution in [1.29, 1.82) is 0 Å². The molecule has 100 valence electrons. The summed E-state index contributed by atoms with van der Waals surface area (Å²) in [5.74, 6) is 0.765. The van der Waals surface area contributed by atoms with E-state index in [0.717, 1.165) is 15.8 Å². The Hall–Kier alpha value is -1.39. The van der Waals surface area contributed by atoms with Crippen LogP contribution in [0.15, 0.2) is 41.1 Å². The topological polar surface area (TPSA) is 34.2 Å². The van der Waals surface area contributed by atoms with E-state index in [1.54, 1.807) is 13.3 Å². The van der Waals surface area contributed by atoms with E-state index in [0.29, 0.717) is 0 Å². The summed E-state index contributed by atoms with van der Waals surface area (Å²) >= 11 is 3.66. The quantitative estimate of drug-likeness (QED) is 0.936. The van der Waals surface area contributed by atoms with Crippen LogP contribution in [-0.2, 0) is 0 Å². The maximum absolute atomic E-state index is 5.24. The van der Waals surface area contributed by atoms with Crippen LogP contribution in [0.1, 0.15) is 22.7 Å². The molecule has 1 aromatic carbocycles. The van der Waals surface area contributed by atoms with Crippen LogP contribution in [0.25, 0.3) is 0 Å². The molecule has 0 aliphatic carbocycles. The number of nitrogens with zero attached hydrogens (tertiary/aromatic N) is 1. The number of aromatic nitrogens is 1. The van der Waals surface area contributed by atoms with Crippen molar-refractivity contribution in [2.75, 3.05) is 14.2 Å². The summed E-state index contributed by atoms with van der Waals surface area (Å²) in [6, 6.07) is 8.34. The Bertz CT molecular complexity index is 572. The molecule has 19 heavy (non-hydrogen) atoms. The zero-order valence-electron chi connectivity index (χ0n) is 11.3. The number of pyridine rings is 1. The van der Waals surface area contributed by atoms with Crippen molar-refractivity contribution in [3.8, 4) is 5.75 Å². The molecule has 0 spiro atoms. The van der Waals surface area contributed by atoms with Gasteiger partial charge >= 0.3 is 0 Å². The molecule has 0 saturated carbocycles. The Labute approximate surface area is 122 Å². The molecule has 0 fully saturated rings. The van der Waals surface area contributed by atoms with Gasteiger partial charge in [0.2, 0.25) is 0 Å². The number of hydrogen-bond acceptors (Lipinski definition) is 3. The SMILES string of the molecule is CNC(c1cncc(OC)c1)c1cccc(C)c1Br. The molecule has 0 radical (unpaired) electrons. The smallest absolute Gasteiger partial charge is 0.137 e. The zero-order valence-corrected chi connectivity index (χ0v) is 12.9. The Kier molecular flexibility index (Phi) is 4.56. The molecule has 0 aliphatic rings. The number of benzene rings is 1. The van der Waals surface area contributed by atoms with Gasteiger partial charge in [0.1, 0.15) is 5.75 Å². The van der Waals surface area contributed by atoms with E-state index in [-0.39, 0.29) is 6.04 Å². The van der Waals surface area contributed by atoms with Crippen LogP contribution in [-0.4, -0.2) is 19.1 Å². The number of rotatable bonds is 4. The third-order valence-corrected chi connectivity index (χ3v) is 4.21. The zero-order chi connectivity index (χ0) is 13.8. The normalized spacial score (nSPS) is 12.2. The van der Waals surface area contributed by atoms with E-state index in [4.69, 9.17) is 4.74 Å². The van der Waals surface area contributed by atoms with Gasteiger partial charge in [-0.05, 0) is 36.7 Å². The molecule has 1 aromatic heterocycles. The minimum Gasteiger partial charge on any atom is -0.495 e. The maximum Gasteiger partial charge on any atom is 0.137 e. The van der Waals surface area contributed by atoms with Crippen molar-refractivity contribution in [2.24, 2.45) is 0 Å². The van der Waals surface area contributed by atoms with Gasteiger partial charge in [-0.25, -0.2) is 0 Å². The van der Waals surface area contributed by atoms with Gasteiger partial charge in [0.25, 0.3) is 0 Å². The summed E-state index contributed by atoms with van der Waals surface area (Å²) < 4.78 is 6.36. The highest BCUT2D eigenvalue weighted by atomic mass is 79.9. The number of aryl methyl sites for hydroxylation is 1. The van der Waals surface area contributed by atoms with Gasteiger partial charge in [-0.15, -0.1) is 0 Å². The first-order valence-corrected chi connectivity index (χ1v) is 6.88. The van der Waals surface area contributed by atoms with Gasteiger partial charge in [0.05, 0.1) is 19.3 Å². The molecule has 0 amide bonds. The van der Waals surface area contributed by atoms with Crippen molar-refractivity contribution in [3.05, 3.63) is 57.8 Å². The van der Waals surface area contributed by atoms with Gasteiger partial charge in [0.15, 0.2) is 0 Å². The molecule has 0 aliphatic heterocycles. The maximum atomic E-state index is 5.24. The molecule has 1 heterocycles.